The highest BCUT2D eigenvalue weighted by Gasteiger charge is 2.06. The SMILES string of the molecule is C[C@@H](Nc1ccc(C#N)cn1)c1ccc(OCc2cccnc2)cc1. The minimum absolute atomic E-state index is 0.0906. The standard InChI is InChI=1S/C20H18N4O/c1-15(24-20-9-4-16(11-21)13-23-20)18-5-7-19(8-6-18)25-14-17-3-2-10-22-12-17/h2-10,12-13,15H,14H2,1H3,(H,23,24)/t15-/m1/s1. The van der Waals surface area contributed by atoms with Crippen LogP contribution < -0.4 is 10.1 Å². The van der Waals surface area contributed by atoms with E-state index in [0.717, 1.165) is 22.7 Å². The lowest BCUT2D eigenvalue weighted by molar-refractivity contribution is 0.305. The second-order valence-electron chi connectivity index (χ2n) is 5.63. The normalized spacial score (nSPS) is 11.4. The summed E-state index contributed by atoms with van der Waals surface area (Å²) in [6.45, 7) is 2.56. The number of nitriles is 1. The van der Waals surface area contributed by atoms with Gasteiger partial charge < -0.3 is 10.1 Å². The summed E-state index contributed by atoms with van der Waals surface area (Å²) < 4.78 is 5.77. The molecule has 124 valence electrons. The topological polar surface area (TPSA) is 70.8 Å². The predicted molar refractivity (Wildman–Crippen MR) is 96.0 cm³/mol. The first-order valence-electron chi connectivity index (χ1n) is 7.99. The molecule has 0 fully saturated rings. The Labute approximate surface area is 147 Å². The minimum atomic E-state index is 0.0906. The molecule has 0 aliphatic heterocycles. The van der Waals surface area contributed by atoms with Crippen molar-refractivity contribution in [2.45, 2.75) is 19.6 Å². The second kappa shape index (κ2) is 7.93. The van der Waals surface area contributed by atoms with Gasteiger partial charge in [0.15, 0.2) is 0 Å². The zero-order valence-corrected chi connectivity index (χ0v) is 13.9. The molecule has 1 aromatic carbocycles. The number of hydrogen-bond acceptors (Lipinski definition) is 5. The molecule has 3 aromatic rings. The maximum atomic E-state index is 8.81. The van der Waals surface area contributed by atoms with Gasteiger partial charge >= 0.3 is 0 Å². The molecule has 0 aliphatic carbocycles. The maximum Gasteiger partial charge on any atom is 0.126 e. The Kier molecular flexibility index (Phi) is 5.22. The fraction of sp³-hybridized carbons (Fsp3) is 0.150. The van der Waals surface area contributed by atoms with Crippen molar-refractivity contribution >= 4 is 5.82 Å². The minimum Gasteiger partial charge on any atom is -0.489 e. The molecule has 0 radical (unpaired) electrons. The Hall–Kier alpha value is -3.39. The molecule has 1 atom stereocenters. The predicted octanol–water partition coefficient (Wildman–Crippen LogP) is 4.10. The van der Waals surface area contributed by atoms with Gasteiger partial charge in [0, 0.05) is 30.2 Å². The van der Waals surface area contributed by atoms with E-state index in [-0.39, 0.29) is 6.04 Å². The Morgan fingerprint density at radius 1 is 1.12 bits per heavy atom. The van der Waals surface area contributed by atoms with Gasteiger partial charge in [-0.1, -0.05) is 18.2 Å². The van der Waals surface area contributed by atoms with E-state index < -0.39 is 0 Å². The fourth-order valence-corrected chi connectivity index (χ4v) is 2.35. The van der Waals surface area contributed by atoms with E-state index in [4.69, 9.17) is 10.00 Å². The zero-order chi connectivity index (χ0) is 17.5. The van der Waals surface area contributed by atoms with Gasteiger partial charge in [-0.3, -0.25) is 4.98 Å². The van der Waals surface area contributed by atoms with Crippen molar-refractivity contribution in [2.75, 3.05) is 5.32 Å². The molecule has 5 nitrogen and oxygen atoms in total. The number of benzene rings is 1. The number of nitrogens with one attached hydrogen (secondary N) is 1. The molecular weight excluding hydrogens is 312 g/mol. The summed E-state index contributed by atoms with van der Waals surface area (Å²) in [5, 5.41) is 12.1. The molecule has 25 heavy (non-hydrogen) atoms. The van der Waals surface area contributed by atoms with Crippen LogP contribution in [0.4, 0.5) is 5.82 Å². The largest absolute Gasteiger partial charge is 0.489 e. The van der Waals surface area contributed by atoms with Gasteiger partial charge in [-0.15, -0.1) is 0 Å². The van der Waals surface area contributed by atoms with Crippen LogP contribution in [0.1, 0.15) is 29.7 Å². The maximum absolute atomic E-state index is 8.81. The molecule has 3 rings (SSSR count). The van der Waals surface area contributed by atoms with Crippen LogP contribution in [0.2, 0.25) is 0 Å². The molecule has 2 aromatic heterocycles. The molecule has 5 heteroatoms. The van der Waals surface area contributed by atoms with E-state index in [1.807, 2.05) is 36.4 Å². The fourth-order valence-electron chi connectivity index (χ4n) is 2.35. The number of rotatable bonds is 6. The van der Waals surface area contributed by atoms with Gasteiger partial charge in [0.25, 0.3) is 0 Å². The van der Waals surface area contributed by atoms with E-state index in [1.165, 1.54) is 0 Å². The Morgan fingerprint density at radius 3 is 2.60 bits per heavy atom. The lowest BCUT2D eigenvalue weighted by Crippen LogP contribution is -2.07. The summed E-state index contributed by atoms with van der Waals surface area (Å²) in [6.07, 6.45) is 5.10. The van der Waals surface area contributed by atoms with E-state index in [2.05, 4.69) is 28.3 Å². The van der Waals surface area contributed by atoms with Crippen LogP contribution >= 0.6 is 0 Å². The highest BCUT2D eigenvalue weighted by Crippen LogP contribution is 2.21. The van der Waals surface area contributed by atoms with E-state index in [1.54, 1.807) is 30.7 Å². The van der Waals surface area contributed by atoms with E-state index in [9.17, 15) is 0 Å². The number of nitrogens with zero attached hydrogens (tertiary/aromatic N) is 3. The van der Waals surface area contributed by atoms with Crippen LogP contribution in [0.5, 0.6) is 5.75 Å². The summed E-state index contributed by atoms with van der Waals surface area (Å²) in [6, 6.07) is 17.5. The van der Waals surface area contributed by atoms with Crippen molar-refractivity contribution < 1.29 is 4.74 Å². The monoisotopic (exact) mass is 330 g/mol. The highest BCUT2D eigenvalue weighted by molar-refractivity contribution is 5.42. The lowest BCUT2D eigenvalue weighted by Gasteiger charge is -2.15. The molecule has 0 spiro atoms. The molecule has 0 saturated carbocycles. The van der Waals surface area contributed by atoms with E-state index in [0.29, 0.717) is 12.2 Å². The smallest absolute Gasteiger partial charge is 0.126 e. The molecule has 1 N–H and O–H groups in total. The van der Waals surface area contributed by atoms with E-state index >= 15 is 0 Å². The van der Waals surface area contributed by atoms with Crippen LogP contribution in [0.3, 0.4) is 0 Å². The first-order valence-corrected chi connectivity index (χ1v) is 7.99. The van der Waals surface area contributed by atoms with Gasteiger partial charge in [-0.25, -0.2) is 4.98 Å². The van der Waals surface area contributed by atoms with Crippen LogP contribution in [-0.2, 0) is 6.61 Å². The Balaban J connectivity index is 1.58. The highest BCUT2D eigenvalue weighted by atomic mass is 16.5. The third-order valence-corrected chi connectivity index (χ3v) is 3.77. The average Bonchev–Trinajstić information content (AvgIpc) is 2.68. The summed E-state index contributed by atoms with van der Waals surface area (Å²) in [4.78, 5) is 8.30. The number of aromatic nitrogens is 2. The molecule has 0 saturated heterocycles. The Morgan fingerprint density at radius 2 is 1.96 bits per heavy atom. The van der Waals surface area contributed by atoms with Crippen molar-refractivity contribution in [3.8, 4) is 11.8 Å². The van der Waals surface area contributed by atoms with Crippen LogP contribution in [-0.4, -0.2) is 9.97 Å². The van der Waals surface area contributed by atoms with Gasteiger partial charge in [0.05, 0.1) is 5.56 Å². The van der Waals surface area contributed by atoms with Crippen molar-refractivity contribution in [3.05, 3.63) is 83.8 Å². The first kappa shape index (κ1) is 16.5. The zero-order valence-electron chi connectivity index (χ0n) is 13.9. The summed E-state index contributed by atoms with van der Waals surface area (Å²) in [5.74, 6) is 1.56. The summed E-state index contributed by atoms with van der Waals surface area (Å²) in [7, 11) is 0. The molecule has 0 bridgehead atoms. The third-order valence-electron chi connectivity index (χ3n) is 3.77. The number of hydrogen-bond donors (Lipinski definition) is 1. The van der Waals surface area contributed by atoms with Gasteiger partial charge in [0.2, 0.25) is 0 Å². The van der Waals surface area contributed by atoms with Crippen molar-refractivity contribution in [2.24, 2.45) is 0 Å². The van der Waals surface area contributed by atoms with Gasteiger partial charge in [-0.2, -0.15) is 5.26 Å². The molecule has 2 heterocycles. The first-order chi connectivity index (χ1) is 12.2. The summed E-state index contributed by atoms with van der Waals surface area (Å²) in [5.41, 5.74) is 2.71. The van der Waals surface area contributed by atoms with Gasteiger partial charge in [0.1, 0.15) is 24.2 Å². The van der Waals surface area contributed by atoms with Gasteiger partial charge in [-0.05, 0) is 42.8 Å². The molecule has 0 unspecified atom stereocenters. The molecule has 0 aliphatic rings. The van der Waals surface area contributed by atoms with Crippen molar-refractivity contribution in [1.29, 1.82) is 5.26 Å². The number of pyridine rings is 2. The number of ether oxygens (including phenoxy) is 1. The van der Waals surface area contributed by atoms with Crippen molar-refractivity contribution in [3.63, 3.8) is 0 Å². The van der Waals surface area contributed by atoms with Crippen LogP contribution in [0, 0.1) is 11.3 Å². The average molecular weight is 330 g/mol. The molecule has 0 amide bonds. The summed E-state index contributed by atoms with van der Waals surface area (Å²) >= 11 is 0. The van der Waals surface area contributed by atoms with Crippen LogP contribution in [0.15, 0.2) is 67.1 Å². The quantitative estimate of drug-likeness (QED) is 0.737. The molecular formula is C20H18N4O. The lowest BCUT2D eigenvalue weighted by atomic mass is 10.1. The van der Waals surface area contributed by atoms with Crippen LogP contribution in [0.25, 0.3) is 0 Å². The third kappa shape index (κ3) is 4.55. The number of anilines is 1. The van der Waals surface area contributed by atoms with Crippen molar-refractivity contribution in [1.82, 2.24) is 9.97 Å². The second-order valence-corrected chi connectivity index (χ2v) is 5.63. The Bertz CT molecular complexity index is 840.